The first-order valence-corrected chi connectivity index (χ1v) is 8.36. The quantitative estimate of drug-likeness (QED) is 0.644. The number of rotatable bonds is 2. The van der Waals surface area contributed by atoms with Crippen LogP contribution in [0.1, 0.15) is 29.3 Å². The summed E-state index contributed by atoms with van der Waals surface area (Å²) in [4.78, 5) is 24.4. The van der Waals surface area contributed by atoms with Crippen LogP contribution in [0.15, 0.2) is 59.5 Å². The lowest BCUT2D eigenvalue weighted by atomic mass is 9.90. The van der Waals surface area contributed by atoms with Crippen LogP contribution < -0.4 is 10.6 Å². The lowest BCUT2D eigenvalue weighted by Gasteiger charge is -2.20. The molecule has 1 aliphatic carbocycles. The van der Waals surface area contributed by atoms with Gasteiger partial charge in [0.25, 0.3) is 5.91 Å². The highest BCUT2D eigenvalue weighted by atomic mass is 16.5. The van der Waals surface area contributed by atoms with E-state index in [0.717, 1.165) is 34.6 Å². The number of hydrogen-bond acceptors (Lipinski definition) is 4. The average Bonchev–Trinajstić information content (AvgIpc) is 2.96. The molecule has 4 rings (SSSR count). The Morgan fingerprint density at radius 2 is 2.16 bits per heavy atom. The number of fused-ring (bicyclic) bond motifs is 2. The zero-order valence-corrected chi connectivity index (χ0v) is 13.8. The van der Waals surface area contributed by atoms with Crippen molar-refractivity contribution in [2.45, 2.75) is 13.3 Å². The minimum atomic E-state index is -0.350. The lowest BCUT2D eigenvalue weighted by Crippen LogP contribution is -2.16. The Bertz CT molecular complexity index is 890. The molecule has 0 radical (unpaired) electrons. The number of carbonyl (C=O) groups is 2. The summed E-state index contributed by atoms with van der Waals surface area (Å²) in [5.74, 6) is -0.367. The van der Waals surface area contributed by atoms with Crippen molar-refractivity contribution in [2.24, 2.45) is 5.92 Å². The summed E-state index contributed by atoms with van der Waals surface area (Å²) in [6.45, 7) is 2.12. The van der Waals surface area contributed by atoms with E-state index in [1.54, 1.807) is 19.1 Å². The molecule has 0 saturated carbocycles. The fourth-order valence-electron chi connectivity index (χ4n) is 3.37. The SMILES string of the molecule is CCOC(=O)c1ccc2c(c1)NC(=C1C(=O)NC3=CC=CCC31)C=C2. The zero-order chi connectivity index (χ0) is 17.4. The molecule has 2 N–H and O–H groups in total. The number of hydrogen-bond donors (Lipinski definition) is 2. The van der Waals surface area contributed by atoms with Crippen molar-refractivity contribution < 1.29 is 14.3 Å². The molecule has 1 amide bonds. The number of benzene rings is 1. The molecule has 1 aromatic carbocycles. The molecule has 1 unspecified atom stereocenters. The van der Waals surface area contributed by atoms with Gasteiger partial charge in [-0.3, -0.25) is 4.79 Å². The van der Waals surface area contributed by atoms with Crippen molar-refractivity contribution in [3.63, 3.8) is 0 Å². The Hall–Kier alpha value is -3.08. The van der Waals surface area contributed by atoms with Gasteiger partial charge in [0.05, 0.1) is 12.2 Å². The molecule has 3 aliphatic rings. The standard InChI is InChI=1S/C20H18N2O3/c1-2-25-20(24)13-8-7-12-9-10-16(21-17(12)11-13)18-14-5-3-4-6-15(14)22-19(18)23/h3-4,6-11,14,21H,2,5H2,1H3,(H,22,23). The van der Waals surface area contributed by atoms with E-state index in [1.165, 1.54) is 0 Å². The second kappa shape index (κ2) is 6.09. The smallest absolute Gasteiger partial charge is 0.338 e. The molecule has 5 heteroatoms. The van der Waals surface area contributed by atoms with Crippen LogP contribution in [0.3, 0.4) is 0 Å². The van der Waals surface area contributed by atoms with Gasteiger partial charge in [-0.05, 0) is 43.2 Å². The van der Waals surface area contributed by atoms with Crippen LogP contribution in [0.2, 0.25) is 0 Å². The van der Waals surface area contributed by atoms with Gasteiger partial charge in [-0.1, -0.05) is 24.3 Å². The minimum Gasteiger partial charge on any atom is -0.462 e. The maximum Gasteiger partial charge on any atom is 0.338 e. The van der Waals surface area contributed by atoms with Gasteiger partial charge in [0, 0.05) is 28.6 Å². The van der Waals surface area contributed by atoms with E-state index >= 15 is 0 Å². The summed E-state index contributed by atoms with van der Waals surface area (Å²) >= 11 is 0. The van der Waals surface area contributed by atoms with E-state index in [9.17, 15) is 9.59 Å². The topological polar surface area (TPSA) is 67.4 Å². The van der Waals surface area contributed by atoms with Crippen LogP contribution in [0.5, 0.6) is 0 Å². The molecule has 0 bridgehead atoms. The van der Waals surface area contributed by atoms with Crippen LogP contribution in [0.25, 0.3) is 6.08 Å². The Morgan fingerprint density at radius 3 is 3.00 bits per heavy atom. The van der Waals surface area contributed by atoms with Crippen LogP contribution in [-0.2, 0) is 9.53 Å². The van der Waals surface area contributed by atoms with Crippen LogP contribution in [0, 0.1) is 5.92 Å². The van der Waals surface area contributed by atoms with E-state index in [1.807, 2.05) is 30.4 Å². The molecule has 0 spiro atoms. The molecule has 1 aromatic rings. The Labute approximate surface area is 145 Å². The molecule has 5 nitrogen and oxygen atoms in total. The Balaban J connectivity index is 1.70. The van der Waals surface area contributed by atoms with Crippen molar-refractivity contribution in [1.29, 1.82) is 0 Å². The van der Waals surface area contributed by atoms with Crippen LogP contribution >= 0.6 is 0 Å². The summed E-state index contributed by atoms with van der Waals surface area (Å²) in [5.41, 5.74) is 4.71. The molecule has 2 heterocycles. The normalized spacial score (nSPS) is 23.3. The van der Waals surface area contributed by atoms with Crippen molar-refractivity contribution in [1.82, 2.24) is 5.32 Å². The lowest BCUT2D eigenvalue weighted by molar-refractivity contribution is -0.116. The van der Waals surface area contributed by atoms with E-state index < -0.39 is 0 Å². The zero-order valence-electron chi connectivity index (χ0n) is 13.8. The average molecular weight is 334 g/mol. The summed E-state index contributed by atoms with van der Waals surface area (Å²) in [5, 5.41) is 6.25. The van der Waals surface area contributed by atoms with E-state index in [4.69, 9.17) is 4.74 Å². The summed E-state index contributed by atoms with van der Waals surface area (Å²) < 4.78 is 5.06. The van der Waals surface area contributed by atoms with Gasteiger partial charge in [-0.2, -0.15) is 0 Å². The molecular formula is C20H18N2O3. The van der Waals surface area contributed by atoms with Crippen LogP contribution in [0.4, 0.5) is 5.69 Å². The fourth-order valence-corrected chi connectivity index (χ4v) is 3.37. The van der Waals surface area contributed by atoms with Gasteiger partial charge in [-0.15, -0.1) is 0 Å². The number of esters is 1. The summed E-state index contributed by atoms with van der Waals surface area (Å²) in [7, 11) is 0. The van der Waals surface area contributed by atoms with Gasteiger partial charge >= 0.3 is 5.97 Å². The van der Waals surface area contributed by atoms with Gasteiger partial charge in [0.2, 0.25) is 0 Å². The maximum absolute atomic E-state index is 12.4. The number of carbonyl (C=O) groups excluding carboxylic acids is 2. The third-order valence-electron chi connectivity index (χ3n) is 4.56. The van der Waals surface area contributed by atoms with Crippen molar-refractivity contribution in [3.8, 4) is 0 Å². The number of ether oxygens (including phenoxy) is 1. The van der Waals surface area contributed by atoms with Crippen molar-refractivity contribution >= 4 is 23.6 Å². The highest BCUT2D eigenvalue weighted by Gasteiger charge is 2.35. The largest absolute Gasteiger partial charge is 0.462 e. The monoisotopic (exact) mass is 334 g/mol. The molecule has 1 saturated heterocycles. The first kappa shape index (κ1) is 15.4. The maximum atomic E-state index is 12.4. The highest BCUT2D eigenvalue weighted by molar-refractivity contribution is 6.02. The third-order valence-corrected chi connectivity index (χ3v) is 4.56. The first-order chi connectivity index (χ1) is 12.2. The number of nitrogens with one attached hydrogen (secondary N) is 2. The second-order valence-electron chi connectivity index (χ2n) is 6.10. The molecule has 2 aliphatic heterocycles. The first-order valence-electron chi connectivity index (χ1n) is 8.36. The van der Waals surface area contributed by atoms with Gasteiger partial charge in [0.15, 0.2) is 0 Å². The summed E-state index contributed by atoms with van der Waals surface area (Å²) in [6.07, 6.45) is 10.6. The predicted molar refractivity (Wildman–Crippen MR) is 95.6 cm³/mol. The molecule has 1 atom stereocenters. The third kappa shape index (κ3) is 2.67. The van der Waals surface area contributed by atoms with Gasteiger partial charge in [0.1, 0.15) is 0 Å². The van der Waals surface area contributed by atoms with Crippen molar-refractivity contribution in [2.75, 3.05) is 11.9 Å². The van der Waals surface area contributed by atoms with E-state index in [-0.39, 0.29) is 17.8 Å². The van der Waals surface area contributed by atoms with Crippen molar-refractivity contribution in [3.05, 3.63) is 70.6 Å². The minimum absolute atomic E-state index is 0.0550. The van der Waals surface area contributed by atoms with E-state index in [2.05, 4.69) is 16.7 Å². The highest BCUT2D eigenvalue weighted by Crippen LogP contribution is 2.36. The molecule has 25 heavy (non-hydrogen) atoms. The van der Waals surface area contributed by atoms with Gasteiger partial charge < -0.3 is 15.4 Å². The molecule has 0 aromatic heterocycles. The predicted octanol–water partition coefficient (Wildman–Crippen LogP) is 3.15. The number of anilines is 1. The molecule has 1 fully saturated rings. The molecule has 126 valence electrons. The Kier molecular flexibility index (Phi) is 3.76. The number of allylic oxidation sites excluding steroid dienone is 5. The fraction of sp³-hybridized carbons (Fsp3) is 0.200. The van der Waals surface area contributed by atoms with Crippen LogP contribution in [-0.4, -0.2) is 18.5 Å². The second-order valence-corrected chi connectivity index (χ2v) is 6.10. The van der Waals surface area contributed by atoms with E-state index in [0.29, 0.717) is 12.2 Å². The van der Waals surface area contributed by atoms with Gasteiger partial charge in [-0.25, -0.2) is 4.79 Å². The Morgan fingerprint density at radius 1 is 1.28 bits per heavy atom. The molecular weight excluding hydrogens is 316 g/mol. The summed E-state index contributed by atoms with van der Waals surface area (Å²) in [6, 6.07) is 5.38. The number of amides is 1.